The van der Waals surface area contributed by atoms with Crippen molar-refractivity contribution in [1.29, 1.82) is 0 Å². The van der Waals surface area contributed by atoms with Crippen LogP contribution in [0.1, 0.15) is 18.1 Å². The van der Waals surface area contributed by atoms with Crippen molar-refractivity contribution < 1.29 is 0 Å². The van der Waals surface area contributed by atoms with Gasteiger partial charge in [-0.15, -0.1) is 5.10 Å². The molecular formula is C14H16N6. The first-order valence-electron chi connectivity index (χ1n) is 6.58. The molecule has 0 bridgehead atoms. The SMILES string of the molecule is CCn1nnc2c(Nc3cccc(C)c3C)ncnc21. The molecule has 0 saturated carbocycles. The van der Waals surface area contributed by atoms with Crippen molar-refractivity contribution in [2.24, 2.45) is 0 Å². The molecule has 0 aliphatic rings. The van der Waals surface area contributed by atoms with E-state index in [0.717, 1.165) is 17.9 Å². The lowest BCUT2D eigenvalue weighted by Crippen LogP contribution is -2.00. The Balaban J connectivity index is 2.07. The van der Waals surface area contributed by atoms with Crippen LogP contribution in [0.2, 0.25) is 0 Å². The fourth-order valence-corrected chi connectivity index (χ4v) is 2.11. The molecule has 3 aromatic rings. The molecule has 1 aromatic carbocycles. The van der Waals surface area contributed by atoms with Gasteiger partial charge in [-0.3, -0.25) is 0 Å². The summed E-state index contributed by atoms with van der Waals surface area (Å²) in [5.41, 5.74) is 4.89. The third-order valence-electron chi connectivity index (χ3n) is 3.46. The van der Waals surface area contributed by atoms with Crippen LogP contribution in [0.25, 0.3) is 11.2 Å². The van der Waals surface area contributed by atoms with E-state index in [9.17, 15) is 0 Å². The van der Waals surface area contributed by atoms with Gasteiger partial charge in [0.15, 0.2) is 17.0 Å². The highest BCUT2D eigenvalue weighted by atomic mass is 15.4. The number of benzene rings is 1. The molecule has 6 heteroatoms. The summed E-state index contributed by atoms with van der Waals surface area (Å²) in [4.78, 5) is 8.52. The smallest absolute Gasteiger partial charge is 0.183 e. The molecule has 0 saturated heterocycles. The Morgan fingerprint density at radius 2 is 2.05 bits per heavy atom. The van der Waals surface area contributed by atoms with Crippen LogP contribution in [0.4, 0.5) is 11.5 Å². The fraction of sp³-hybridized carbons (Fsp3) is 0.286. The molecule has 102 valence electrons. The van der Waals surface area contributed by atoms with E-state index in [2.05, 4.69) is 45.5 Å². The van der Waals surface area contributed by atoms with Gasteiger partial charge in [-0.2, -0.15) is 0 Å². The van der Waals surface area contributed by atoms with E-state index in [1.54, 1.807) is 4.68 Å². The minimum Gasteiger partial charge on any atom is -0.338 e. The zero-order valence-electron chi connectivity index (χ0n) is 11.8. The third kappa shape index (κ3) is 1.99. The van der Waals surface area contributed by atoms with E-state index in [-0.39, 0.29) is 0 Å². The number of nitrogens with one attached hydrogen (secondary N) is 1. The first-order chi connectivity index (χ1) is 9.70. The summed E-state index contributed by atoms with van der Waals surface area (Å²) < 4.78 is 1.76. The number of fused-ring (bicyclic) bond motifs is 1. The van der Waals surface area contributed by atoms with Gasteiger partial charge >= 0.3 is 0 Å². The predicted octanol–water partition coefficient (Wildman–Crippen LogP) is 2.60. The Bertz CT molecular complexity index is 761. The number of aromatic nitrogens is 5. The van der Waals surface area contributed by atoms with Crippen molar-refractivity contribution in [2.45, 2.75) is 27.3 Å². The molecule has 0 atom stereocenters. The quantitative estimate of drug-likeness (QED) is 0.790. The summed E-state index contributed by atoms with van der Waals surface area (Å²) in [6.07, 6.45) is 1.53. The molecule has 6 nitrogen and oxygen atoms in total. The van der Waals surface area contributed by atoms with E-state index in [0.29, 0.717) is 11.3 Å². The van der Waals surface area contributed by atoms with Gasteiger partial charge in [0, 0.05) is 12.2 Å². The summed E-state index contributed by atoms with van der Waals surface area (Å²) in [6, 6.07) is 6.13. The van der Waals surface area contributed by atoms with E-state index < -0.39 is 0 Å². The lowest BCUT2D eigenvalue weighted by molar-refractivity contribution is 0.641. The zero-order valence-corrected chi connectivity index (χ0v) is 11.8. The standard InChI is InChI=1S/C14H16N6/c1-4-20-14-12(18-19-20)13(15-8-16-14)17-11-7-5-6-9(2)10(11)3/h5-8H,4H2,1-3H3,(H,15,16,17). The van der Waals surface area contributed by atoms with E-state index >= 15 is 0 Å². The summed E-state index contributed by atoms with van der Waals surface area (Å²) in [7, 11) is 0. The normalized spacial score (nSPS) is 10.9. The minimum atomic E-state index is 0.684. The van der Waals surface area contributed by atoms with Gasteiger partial charge in [-0.05, 0) is 38.0 Å². The summed E-state index contributed by atoms with van der Waals surface area (Å²) >= 11 is 0. The van der Waals surface area contributed by atoms with Crippen LogP contribution in [0.3, 0.4) is 0 Å². The highest BCUT2D eigenvalue weighted by Crippen LogP contribution is 2.24. The number of nitrogens with zero attached hydrogens (tertiary/aromatic N) is 5. The Morgan fingerprint density at radius 3 is 2.85 bits per heavy atom. The molecular weight excluding hydrogens is 252 g/mol. The molecule has 2 heterocycles. The molecule has 0 unspecified atom stereocenters. The molecule has 0 fully saturated rings. The average molecular weight is 268 g/mol. The van der Waals surface area contributed by atoms with Crippen LogP contribution >= 0.6 is 0 Å². The van der Waals surface area contributed by atoms with Crippen LogP contribution < -0.4 is 5.32 Å². The molecule has 3 rings (SSSR count). The molecule has 1 N–H and O–H groups in total. The van der Waals surface area contributed by atoms with Crippen molar-refractivity contribution in [3.05, 3.63) is 35.7 Å². The maximum absolute atomic E-state index is 4.28. The second-order valence-electron chi connectivity index (χ2n) is 4.67. The number of aryl methyl sites for hydroxylation is 2. The first-order valence-corrected chi connectivity index (χ1v) is 6.58. The average Bonchev–Trinajstić information content (AvgIpc) is 2.88. The fourth-order valence-electron chi connectivity index (χ4n) is 2.11. The lowest BCUT2D eigenvalue weighted by Gasteiger charge is -2.10. The first kappa shape index (κ1) is 12.5. The summed E-state index contributed by atoms with van der Waals surface area (Å²) in [6.45, 7) is 6.91. The highest BCUT2D eigenvalue weighted by molar-refractivity contribution is 5.84. The Morgan fingerprint density at radius 1 is 1.20 bits per heavy atom. The van der Waals surface area contributed by atoms with Gasteiger partial charge < -0.3 is 5.32 Å². The number of anilines is 2. The van der Waals surface area contributed by atoms with Gasteiger partial charge in [-0.25, -0.2) is 14.6 Å². The third-order valence-corrected chi connectivity index (χ3v) is 3.46. The molecule has 2 aromatic heterocycles. The maximum atomic E-state index is 4.28. The van der Waals surface area contributed by atoms with Gasteiger partial charge in [0.25, 0.3) is 0 Å². The van der Waals surface area contributed by atoms with Crippen LogP contribution in [-0.2, 0) is 6.54 Å². The predicted molar refractivity (Wildman–Crippen MR) is 78.0 cm³/mol. The van der Waals surface area contributed by atoms with E-state index in [4.69, 9.17) is 0 Å². The second kappa shape index (κ2) is 4.88. The minimum absolute atomic E-state index is 0.684. The highest BCUT2D eigenvalue weighted by Gasteiger charge is 2.11. The molecule has 20 heavy (non-hydrogen) atoms. The van der Waals surface area contributed by atoms with Crippen LogP contribution in [-0.4, -0.2) is 25.0 Å². The zero-order chi connectivity index (χ0) is 14.1. The van der Waals surface area contributed by atoms with Crippen molar-refractivity contribution in [2.75, 3.05) is 5.32 Å². The van der Waals surface area contributed by atoms with Crippen molar-refractivity contribution in [1.82, 2.24) is 25.0 Å². The summed E-state index contributed by atoms with van der Waals surface area (Å²) in [5, 5.41) is 11.6. The van der Waals surface area contributed by atoms with E-state index in [1.807, 2.05) is 19.1 Å². The number of hydrogen-bond donors (Lipinski definition) is 1. The van der Waals surface area contributed by atoms with Gasteiger partial charge in [0.1, 0.15) is 6.33 Å². The number of rotatable bonds is 3. The van der Waals surface area contributed by atoms with Gasteiger partial charge in [-0.1, -0.05) is 17.3 Å². The van der Waals surface area contributed by atoms with Crippen LogP contribution in [0.5, 0.6) is 0 Å². The van der Waals surface area contributed by atoms with Crippen LogP contribution in [0.15, 0.2) is 24.5 Å². The van der Waals surface area contributed by atoms with Crippen LogP contribution in [0, 0.1) is 13.8 Å². The topological polar surface area (TPSA) is 68.5 Å². The van der Waals surface area contributed by atoms with E-state index in [1.165, 1.54) is 17.5 Å². The van der Waals surface area contributed by atoms with Crippen molar-refractivity contribution >= 4 is 22.7 Å². The van der Waals surface area contributed by atoms with Crippen molar-refractivity contribution in [3.8, 4) is 0 Å². The second-order valence-corrected chi connectivity index (χ2v) is 4.67. The number of hydrogen-bond acceptors (Lipinski definition) is 5. The Labute approximate surface area is 116 Å². The Kier molecular flexibility index (Phi) is 3.06. The van der Waals surface area contributed by atoms with Gasteiger partial charge in [0.2, 0.25) is 0 Å². The largest absolute Gasteiger partial charge is 0.338 e. The Hall–Kier alpha value is -2.50. The molecule has 0 aliphatic heterocycles. The molecule has 0 aliphatic carbocycles. The maximum Gasteiger partial charge on any atom is 0.183 e. The van der Waals surface area contributed by atoms with Gasteiger partial charge in [0.05, 0.1) is 0 Å². The molecule has 0 radical (unpaired) electrons. The summed E-state index contributed by atoms with van der Waals surface area (Å²) in [5.74, 6) is 0.684. The monoisotopic (exact) mass is 268 g/mol. The molecule has 0 spiro atoms. The molecule has 0 amide bonds. The lowest BCUT2D eigenvalue weighted by atomic mass is 10.1. The van der Waals surface area contributed by atoms with Crippen molar-refractivity contribution in [3.63, 3.8) is 0 Å².